The number of ether oxygens (including phenoxy) is 4. The molecular formula is C50H65F2N9O9S. The third kappa shape index (κ3) is 12.5. The molecule has 1 unspecified atom stereocenters. The number of nitrogens with one attached hydrogen (secondary N) is 3. The summed E-state index contributed by atoms with van der Waals surface area (Å²) in [6.07, 6.45) is 8.45. The summed E-state index contributed by atoms with van der Waals surface area (Å²) in [5.41, 5.74) is 0.996. The van der Waals surface area contributed by atoms with E-state index in [0.29, 0.717) is 18.2 Å². The number of nitrogens with zero attached hydrogens (tertiary/aromatic N) is 6. The first-order chi connectivity index (χ1) is 34.4. The van der Waals surface area contributed by atoms with Crippen molar-refractivity contribution < 1.29 is 51.4 Å². The molecule has 1 aromatic carbocycles. The molecule has 0 bridgehead atoms. The fourth-order valence-corrected chi connectivity index (χ4v) is 10.6. The van der Waals surface area contributed by atoms with Gasteiger partial charge in [-0.15, -0.1) is 11.3 Å². The Kier molecular flexibility index (Phi) is 17.5. The van der Waals surface area contributed by atoms with E-state index >= 15 is 0 Å². The van der Waals surface area contributed by atoms with Crippen LogP contribution in [0, 0.1) is 17.6 Å². The van der Waals surface area contributed by atoms with Crippen molar-refractivity contribution in [2.45, 2.75) is 89.6 Å². The van der Waals surface area contributed by atoms with E-state index in [1.165, 1.54) is 11.6 Å². The molecule has 0 spiro atoms. The summed E-state index contributed by atoms with van der Waals surface area (Å²) in [6.45, 7) is 7.60. The molecule has 2 aliphatic heterocycles. The molecule has 3 fully saturated rings. The van der Waals surface area contributed by atoms with Gasteiger partial charge in [-0.25, -0.2) is 8.78 Å². The van der Waals surface area contributed by atoms with Crippen LogP contribution in [0.3, 0.4) is 0 Å². The average molecular weight is 1010 g/mol. The molecule has 384 valence electrons. The number of likely N-dealkylation sites (tertiary alicyclic amines) is 1. The van der Waals surface area contributed by atoms with Crippen LogP contribution >= 0.6 is 11.3 Å². The van der Waals surface area contributed by atoms with E-state index in [-0.39, 0.29) is 105 Å². The van der Waals surface area contributed by atoms with Gasteiger partial charge >= 0.3 is 0 Å². The summed E-state index contributed by atoms with van der Waals surface area (Å²) in [7, 11) is 3.22. The van der Waals surface area contributed by atoms with Crippen LogP contribution in [0.1, 0.15) is 85.4 Å². The Labute approximate surface area is 415 Å². The number of rotatable bonds is 21. The van der Waals surface area contributed by atoms with Gasteiger partial charge in [0.05, 0.1) is 60.3 Å². The predicted octanol–water partition coefficient (Wildman–Crippen LogP) is 5.29. The Morgan fingerprint density at radius 2 is 1.68 bits per heavy atom. The molecule has 4 amide bonds. The Balaban J connectivity index is 0.762. The Bertz CT molecular complexity index is 2630. The van der Waals surface area contributed by atoms with Crippen LogP contribution in [-0.2, 0) is 32.7 Å². The summed E-state index contributed by atoms with van der Waals surface area (Å²) < 4.78 is 60.7. The fraction of sp³-hybridized carbons (Fsp3) is 0.560. The van der Waals surface area contributed by atoms with Crippen molar-refractivity contribution in [2.24, 2.45) is 13.0 Å². The van der Waals surface area contributed by atoms with E-state index in [2.05, 4.69) is 31.0 Å². The van der Waals surface area contributed by atoms with Crippen molar-refractivity contribution in [3.05, 3.63) is 70.6 Å². The smallest absolute Gasteiger partial charge is 0.271 e. The van der Waals surface area contributed by atoms with Gasteiger partial charge in [-0.3, -0.25) is 29.1 Å². The van der Waals surface area contributed by atoms with E-state index in [1.54, 1.807) is 47.4 Å². The van der Waals surface area contributed by atoms with Gasteiger partial charge in [-0.05, 0) is 81.2 Å². The minimum atomic E-state index is -1.16. The first-order valence-corrected chi connectivity index (χ1v) is 25.6. The van der Waals surface area contributed by atoms with E-state index in [4.69, 9.17) is 23.5 Å². The summed E-state index contributed by atoms with van der Waals surface area (Å²) in [5.74, 6) is -1.91. The molecule has 3 atom stereocenters. The number of fused-ring (bicyclic) bond motifs is 2. The molecule has 4 aromatic heterocycles. The summed E-state index contributed by atoms with van der Waals surface area (Å²) in [5, 5.41) is 14.9. The number of aromatic nitrogens is 3. The lowest BCUT2D eigenvalue weighted by Crippen LogP contribution is -2.62. The Morgan fingerprint density at radius 3 is 2.44 bits per heavy atom. The van der Waals surface area contributed by atoms with Crippen LogP contribution in [0.25, 0.3) is 21.1 Å². The third-order valence-corrected chi connectivity index (χ3v) is 14.7. The first-order valence-electron chi connectivity index (χ1n) is 24.7. The third-order valence-electron chi connectivity index (χ3n) is 13.8. The summed E-state index contributed by atoms with van der Waals surface area (Å²) in [4.78, 5) is 65.4. The molecule has 0 radical (unpaired) electrons. The van der Waals surface area contributed by atoms with Gasteiger partial charge in [0.1, 0.15) is 30.2 Å². The van der Waals surface area contributed by atoms with Crippen molar-refractivity contribution in [2.75, 3.05) is 79.4 Å². The second-order valence-electron chi connectivity index (χ2n) is 18.6. The molecule has 1 aliphatic carbocycles. The number of carbonyl (C=O) groups is 4. The number of piperidine rings is 1. The number of hydrogen-bond acceptors (Lipinski definition) is 14. The monoisotopic (exact) mass is 1010 g/mol. The molecule has 3 N–H and O–H groups in total. The molecule has 1 saturated carbocycles. The van der Waals surface area contributed by atoms with Crippen LogP contribution in [-0.4, -0.2) is 157 Å². The van der Waals surface area contributed by atoms with Crippen molar-refractivity contribution >= 4 is 56.1 Å². The van der Waals surface area contributed by atoms with Crippen LogP contribution in [0.15, 0.2) is 46.4 Å². The number of halogens is 2. The lowest BCUT2D eigenvalue weighted by Gasteiger charge is -2.43. The maximum absolute atomic E-state index is 14.7. The lowest BCUT2D eigenvalue weighted by atomic mass is 9.83. The van der Waals surface area contributed by atoms with Crippen molar-refractivity contribution in [1.82, 2.24) is 45.4 Å². The minimum absolute atomic E-state index is 0.00377. The normalized spacial score (nSPS) is 18.2. The van der Waals surface area contributed by atoms with Gasteiger partial charge in [-0.2, -0.15) is 0 Å². The zero-order valence-electron chi connectivity index (χ0n) is 40.9. The number of aryl methyl sites for hydroxylation is 1. The summed E-state index contributed by atoms with van der Waals surface area (Å²) in [6, 6.07) is 6.02. The second-order valence-corrected chi connectivity index (χ2v) is 19.5. The number of amides is 4. The standard InChI is InChI=1S/C50H65F2N9O9S/c1-31-29-60(18-19-61(31)49(64)44(33-8-6-5-7-9-33)56-47(62)32(2)53-3)50(65)45-43(36-27-37(51)38(52)28-40(36)58(45)4)48(63)55-15-20-66-21-22-67-23-24-68-42-26-35(70-57-42)30-59-16-11-34(12-17-59)69-41-10-14-54-39-13-25-71-46(39)41/h10,13-14,25-28,31-34,44,53H,5-9,11-12,15-24,29-30H2,1-4H3,(H,55,63)(H,56,62)/t31-,32+,44?/m1/s1. The van der Waals surface area contributed by atoms with Crippen LogP contribution < -0.4 is 25.4 Å². The average Bonchev–Trinajstić information content (AvgIpc) is 4.12. The zero-order valence-corrected chi connectivity index (χ0v) is 41.7. The molecule has 5 aromatic rings. The number of pyridine rings is 1. The quantitative estimate of drug-likeness (QED) is 0.0805. The van der Waals surface area contributed by atoms with Crippen molar-refractivity contribution in [3.8, 4) is 11.6 Å². The summed E-state index contributed by atoms with van der Waals surface area (Å²) >= 11 is 1.64. The van der Waals surface area contributed by atoms with Gasteiger partial charge in [-0.1, -0.05) is 19.3 Å². The fourth-order valence-electron chi connectivity index (χ4n) is 9.78. The first kappa shape index (κ1) is 51.6. The van der Waals surface area contributed by atoms with E-state index in [9.17, 15) is 28.0 Å². The number of piperazine rings is 1. The van der Waals surface area contributed by atoms with Crippen LogP contribution in [0.2, 0.25) is 0 Å². The number of hydrogen-bond donors (Lipinski definition) is 3. The highest BCUT2D eigenvalue weighted by Crippen LogP contribution is 2.33. The van der Waals surface area contributed by atoms with Crippen LogP contribution in [0.5, 0.6) is 11.6 Å². The zero-order chi connectivity index (χ0) is 50.0. The highest BCUT2D eigenvalue weighted by Gasteiger charge is 2.40. The SMILES string of the molecule is CN[C@@H](C)C(=O)NC(C(=O)N1CCN(C(=O)c2c(C(=O)NCCOCCOCCOc3cc(CN4CCC(Oc5ccnc6ccsc56)CC4)on3)c3cc(F)c(F)cc3n2C)C[C@H]1C)C1CCCCC1. The molecule has 6 heterocycles. The number of thiophene rings is 1. The number of likely N-dealkylation sites (N-methyl/N-ethyl adjacent to an activating group) is 1. The highest BCUT2D eigenvalue weighted by atomic mass is 32.1. The van der Waals surface area contributed by atoms with Crippen molar-refractivity contribution in [1.29, 1.82) is 0 Å². The predicted molar refractivity (Wildman–Crippen MR) is 261 cm³/mol. The second kappa shape index (κ2) is 24.1. The molecule has 3 aliphatic rings. The molecule has 8 rings (SSSR count). The van der Waals surface area contributed by atoms with Gasteiger partial charge in [0.15, 0.2) is 17.4 Å². The molecular weight excluding hydrogens is 941 g/mol. The molecule has 71 heavy (non-hydrogen) atoms. The molecule has 21 heteroatoms. The van der Waals surface area contributed by atoms with E-state index in [0.717, 1.165) is 86.1 Å². The Morgan fingerprint density at radius 1 is 0.930 bits per heavy atom. The number of carbonyl (C=O) groups excluding carboxylic acids is 4. The lowest BCUT2D eigenvalue weighted by molar-refractivity contribution is -0.142. The molecule has 2 saturated heterocycles. The van der Waals surface area contributed by atoms with E-state index in [1.807, 2.05) is 24.4 Å². The van der Waals surface area contributed by atoms with E-state index < -0.39 is 41.6 Å². The van der Waals surface area contributed by atoms with Crippen molar-refractivity contribution in [3.63, 3.8) is 0 Å². The topological polar surface area (TPSA) is 195 Å². The Hall–Kier alpha value is -5.74. The maximum Gasteiger partial charge on any atom is 0.271 e. The van der Waals surface area contributed by atoms with Gasteiger partial charge in [0.25, 0.3) is 17.7 Å². The number of benzene rings is 1. The van der Waals surface area contributed by atoms with Crippen LogP contribution in [0.4, 0.5) is 8.78 Å². The largest absolute Gasteiger partial charge is 0.489 e. The van der Waals surface area contributed by atoms with Gasteiger partial charge < -0.3 is 53.8 Å². The highest BCUT2D eigenvalue weighted by molar-refractivity contribution is 7.17. The van der Waals surface area contributed by atoms with Gasteiger partial charge in [0.2, 0.25) is 11.8 Å². The minimum Gasteiger partial charge on any atom is -0.489 e. The maximum atomic E-state index is 14.7. The van der Waals surface area contributed by atoms with Gasteiger partial charge in [0, 0.05) is 76.1 Å². The molecule has 18 nitrogen and oxygen atoms in total.